The van der Waals surface area contributed by atoms with E-state index in [4.69, 9.17) is 0 Å². The Labute approximate surface area is 101 Å². The first-order chi connectivity index (χ1) is 8.24. The first-order valence-electron chi connectivity index (χ1n) is 5.84. The molecule has 1 N–H and O–H groups in total. The largest absolute Gasteiger partial charge is 0.309 e. The van der Waals surface area contributed by atoms with E-state index in [0.29, 0.717) is 5.82 Å². The Bertz CT molecular complexity index is 416. The second kappa shape index (κ2) is 5.10. The van der Waals surface area contributed by atoms with E-state index in [-0.39, 0.29) is 11.9 Å². The molecule has 0 aliphatic carbocycles. The Morgan fingerprint density at radius 3 is 3.00 bits per heavy atom. The number of anilines is 1. The zero-order chi connectivity index (χ0) is 12.3. The van der Waals surface area contributed by atoms with Crippen molar-refractivity contribution in [1.29, 1.82) is 0 Å². The maximum atomic E-state index is 12.4. The number of nitrogens with one attached hydrogen (secondary N) is 1. The van der Waals surface area contributed by atoms with E-state index >= 15 is 0 Å². The zero-order valence-corrected chi connectivity index (χ0v) is 10.0. The summed E-state index contributed by atoms with van der Waals surface area (Å²) < 4.78 is 0. The number of allylic oxidation sites excluding steroid dienone is 1. The van der Waals surface area contributed by atoms with Crippen LogP contribution in [0, 0.1) is 0 Å². The van der Waals surface area contributed by atoms with E-state index in [9.17, 15) is 4.79 Å². The quantitative estimate of drug-likeness (QED) is 0.842. The summed E-state index contributed by atoms with van der Waals surface area (Å²) >= 11 is 0. The van der Waals surface area contributed by atoms with Gasteiger partial charge < -0.3 is 5.32 Å². The second-order valence-electron chi connectivity index (χ2n) is 4.16. The van der Waals surface area contributed by atoms with Gasteiger partial charge in [0.05, 0.1) is 6.04 Å². The number of pyridine rings is 1. The monoisotopic (exact) mass is 231 g/mol. The number of amides is 1. The third-order valence-electron chi connectivity index (χ3n) is 3.02. The summed E-state index contributed by atoms with van der Waals surface area (Å²) in [5.41, 5.74) is 0.825. The summed E-state index contributed by atoms with van der Waals surface area (Å²) in [7, 11) is 1.81. The molecule has 17 heavy (non-hydrogen) atoms. The highest BCUT2D eigenvalue weighted by molar-refractivity contribution is 5.99. The molecule has 0 radical (unpaired) electrons. The fourth-order valence-electron chi connectivity index (χ4n) is 2.09. The fraction of sp³-hybridized carbons (Fsp3) is 0.385. The highest BCUT2D eigenvalue weighted by Gasteiger charge is 2.29. The van der Waals surface area contributed by atoms with E-state index < -0.39 is 0 Å². The van der Waals surface area contributed by atoms with Crippen molar-refractivity contribution in [2.75, 3.05) is 11.9 Å². The minimum atomic E-state index is -0.142. The SMILES string of the molecule is C=C1CCCC(NC)C(=O)N1c1ccccn1. The average Bonchev–Trinajstić information content (AvgIpc) is 2.49. The van der Waals surface area contributed by atoms with Crippen molar-refractivity contribution in [3.05, 3.63) is 36.7 Å². The van der Waals surface area contributed by atoms with Crippen LogP contribution in [0.4, 0.5) is 5.82 Å². The average molecular weight is 231 g/mol. The molecular weight excluding hydrogens is 214 g/mol. The molecule has 0 spiro atoms. The molecule has 2 heterocycles. The van der Waals surface area contributed by atoms with Gasteiger partial charge in [-0.3, -0.25) is 9.69 Å². The molecule has 1 unspecified atom stereocenters. The molecule has 1 fully saturated rings. The molecule has 1 aromatic heterocycles. The smallest absolute Gasteiger partial charge is 0.249 e. The minimum Gasteiger partial charge on any atom is -0.309 e. The van der Waals surface area contributed by atoms with Crippen molar-refractivity contribution < 1.29 is 4.79 Å². The topological polar surface area (TPSA) is 45.2 Å². The van der Waals surface area contributed by atoms with Crippen molar-refractivity contribution in [3.8, 4) is 0 Å². The van der Waals surface area contributed by atoms with Crippen LogP contribution >= 0.6 is 0 Å². The first-order valence-corrected chi connectivity index (χ1v) is 5.84. The molecule has 1 saturated heterocycles. The third-order valence-corrected chi connectivity index (χ3v) is 3.02. The van der Waals surface area contributed by atoms with Gasteiger partial charge in [-0.25, -0.2) is 4.98 Å². The summed E-state index contributed by atoms with van der Waals surface area (Å²) in [6.07, 6.45) is 4.34. The maximum absolute atomic E-state index is 12.4. The van der Waals surface area contributed by atoms with Gasteiger partial charge in [0.2, 0.25) is 5.91 Å². The molecule has 0 aromatic carbocycles. The Morgan fingerprint density at radius 2 is 2.35 bits per heavy atom. The molecule has 0 bridgehead atoms. The van der Waals surface area contributed by atoms with Crippen LogP contribution in [0.25, 0.3) is 0 Å². The lowest BCUT2D eigenvalue weighted by Gasteiger charge is -2.24. The Kier molecular flexibility index (Phi) is 3.54. The summed E-state index contributed by atoms with van der Waals surface area (Å²) in [6, 6.07) is 5.41. The van der Waals surface area contributed by atoms with E-state index in [0.717, 1.165) is 25.0 Å². The van der Waals surface area contributed by atoms with Gasteiger partial charge in [-0.05, 0) is 38.4 Å². The standard InChI is InChI=1S/C13H17N3O/c1-10-6-5-7-11(14-2)13(17)16(10)12-8-3-4-9-15-12/h3-4,8-9,11,14H,1,5-7H2,2H3. The van der Waals surface area contributed by atoms with Crippen molar-refractivity contribution in [3.63, 3.8) is 0 Å². The number of nitrogens with zero attached hydrogens (tertiary/aromatic N) is 2. The fourth-order valence-corrected chi connectivity index (χ4v) is 2.09. The third kappa shape index (κ3) is 2.36. The van der Waals surface area contributed by atoms with Gasteiger partial charge in [-0.2, -0.15) is 0 Å². The van der Waals surface area contributed by atoms with E-state index in [1.807, 2.05) is 25.2 Å². The lowest BCUT2D eigenvalue weighted by atomic mass is 10.1. The van der Waals surface area contributed by atoms with Gasteiger partial charge in [-0.15, -0.1) is 0 Å². The van der Waals surface area contributed by atoms with Crippen LogP contribution in [0.5, 0.6) is 0 Å². The van der Waals surface area contributed by atoms with Crippen molar-refractivity contribution in [2.24, 2.45) is 0 Å². The molecule has 0 saturated carbocycles. The number of rotatable bonds is 2. The van der Waals surface area contributed by atoms with Crippen LogP contribution < -0.4 is 10.2 Å². The number of carbonyl (C=O) groups excluding carboxylic acids is 1. The van der Waals surface area contributed by atoms with Crippen LogP contribution in [0.2, 0.25) is 0 Å². The van der Waals surface area contributed by atoms with E-state index in [2.05, 4.69) is 16.9 Å². The minimum absolute atomic E-state index is 0.0358. The van der Waals surface area contributed by atoms with E-state index in [1.165, 1.54) is 0 Å². The van der Waals surface area contributed by atoms with Crippen LogP contribution in [0.1, 0.15) is 19.3 Å². The predicted molar refractivity (Wildman–Crippen MR) is 67.6 cm³/mol. The van der Waals surface area contributed by atoms with Crippen LogP contribution in [0.15, 0.2) is 36.7 Å². The second-order valence-corrected chi connectivity index (χ2v) is 4.16. The Balaban J connectivity index is 2.34. The number of likely N-dealkylation sites (N-methyl/N-ethyl adjacent to an activating group) is 1. The number of hydrogen-bond acceptors (Lipinski definition) is 3. The Hall–Kier alpha value is -1.68. The molecule has 90 valence electrons. The van der Waals surface area contributed by atoms with Crippen molar-refractivity contribution in [2.45, 2.75) is 25.3 Å². The molecule has 4 nitrogen and oxygen atoms in total. The normalized spacial score (nSPS) is 21.5. The van der Waals surface area contributed by atoms with Crippen LogP contribution in [0.3, 0.4) is 0 Å². The zero-order valence-electron chi connectivity index (χ0n) is 10.0. The van der Waals surface area contributed by atoms with Crippen LogP contribution in [-0.2, 0) is 4.79 Å². The maximum Gasteiger partial charge on any atom is 0.249 e. The summed E-state index contributed by atoms with van der Waals surface area (Å²) in [6.45, 7) is 3.99. The van der Waals surface area contributed by atoms with Gasteiger partial charge in [0.1, 0.15) is 5.82 Å². The van der Waals surface area contributed by atoms with Crippen molar-refractivity contribution >= 4 is 11.7 Å². The lowest BCUT2D eigenvalue weighted by Crippen LogP contribution is -2.43. The lowest BCUT2D eigenvalue weighted by molar-refractivity contribution is -0.120. The van der Waals surface area contributed by atoms with Crippen molar-refractivity contribution in [1.82, 2.24) is 10.3 Å². The number of aromatic nitrogens is 1. The predicted octanol–water partition coefficient (Wildman–Crippen LogP) is 1.70. The first kappa shape index (κ1) is 11.8. The van der Waals surface area contributed by atoms with Gasteiger partial charge in [0.15, 0.2) is 0 Å². The van der Waals surface area contributed by atoms with E-state index in [1.54, 1.807) is 11.1 Å². The van der Waals surface area contributed by atoms with Gasteiger partial charge in [-0.1, -0.05) is 12.6 Å². The Morgan fingerprint density at radius 1 is 1.53 bits per heavy atom. The van der Waals surface area contributed by atoms with Gasteiger partial charge in [0.25, 0.3) is 0 Å². The summed E-state index contributed by atoms with van der Waals surface area (Å²) in [5, 5.41) is 3.05. The summed E-state index contributed by atoms with van der Waals surface area (Å²) in [4.78, 5) is 18.2. The molecule has 2 rings (SSSR count). The molecule has 1 aromatic rings. The highest BCUT2D eigenvalue weighted by atomic mass is 16.2. The van der Waals surface area contributed by atoms with Crippen LogP contribution in [-0.4, -0.2) is 24.0 Å². The summed E-state index contributed by atoms with van der Waals surface area (Å²) in [5.74, 6) is 0.693. The molecule has 4 heteroatoms. The molecule has 1 atom stereocenters. The molecule has 1 amide bonds. The van der Waals surface area contributed by atoms with Gasteiger partial charge >= 0.3 is 0 Å². The van der Waals surface area contributed by atoms with Gasteiger partial charge in [0, 0.05) is 11.9 Å². The molecular formula is C13H17N3O. The number of carbonyl (C=O) groups is 1. The molecule has 1 aliphatic heterocycles. The number of hydrogen-bond donors (Lipinski definition) is 1. The molecule has 1 aliphatic rings. The highest BCUT2D eigenvalue weighted by Crippen LogP contribution is 2.24.